The summed E-state index contributed by atoms with van der Waals surface area (Å²) in [6, 6.07) is 3.26. The summed E-state index contributed by atoms with van der Waals surface area (Å²) in [5.41, 5.74) is 0.688. The average molecular weight is 295 g/mol. The van der Waals surface area contributed by atoms with Gasteiger partial charge in [-0.3, -0.25) is 0 Å². The number of hydrogen-bond donors (Lipinski definition) is 1. The molecule has 0 saturated heterocycles. The zero-order valence-corrected chi connectivity index (χ0v) is 13.2. The van der Waals surface area contributed by atoms with Gasteiger partial charge in [0.15, 0.2) is 11.5 Å². The van der Waals surface area contributed by atoms with Crippen molar-refractivity contribution >= 4 is 0 Å². The molecular formula is C17H26FNO2. The Morgan fingerprint density at radius 2 is 1.90 bits per heavy atom. The van der Waals surface area contributed by atoms with E-state index >= 15 is 0 Å². The Labute approximate surface area is 126 Å². The average Bonchev–Trinajstić information content (AvgIpc) is 2.45. The molecule has 1 aromatic rings. The molecule has 1 N–H and O–H groups in total. The van der Waals surface area contributed by atoms with Crippen molar-refractivity contribution in [2.24, 2.45) is 5.92 Å². The van der Waals surface area contributed by atoms with Crippen LogP contribution in [0.5, 0.6) is 11.5 Å². The van der Waals surface area contributed by atoms with Crippen LogP contribution in [0, 0.1) is 11.7 Å². The molecule has 0 radical (unpaired) electrons. The van der Waals surface area contributed by atoms with Crippen molar-refractivity contribution in [1.29, 1.82) is 0 Å². The van der Waals surface area contributed by atoms with Crippen molar-refractivity contribution in [2.45, 2.75) is 45.1 Å². The first-order valence-corrected chi connectivity index (χ1v) is 7.84. The molecule has 118 valence electrons. The summed E-state index contributed by atoms with van der Waals surface area (Å²) in [6.07, 6.45) is 5.86. The van der Waals surface area contributed by atoms with Gasteiger partial charge in [-0.1, -0.05) is 26.2 Å². The molecule has 1 saturated carbocycles. The van der Waals surface area contributed by atoms with Gasteiger partial charge in [-0.15, -0.1) is 0 Å². The summed E-state index contributed by atoms with van der Waals surface area (Å²) >= 11 is 0. The molecule has 0 amide bonds. The number of nitrogens with one attached hydrogen (secondary N) is 1. The molecule has 0 aliphatic heterocycles. The number of rotatable bonds is 8. The van der Waals surface area contributed by atoms with E-state index in [2.05, 4.69) is 12.2 Å². The molecular weight excluding hydrogens is 269 g/mol. The van der Waals surface area contributed by atoms with Crippen molar-refractivity contribution in [1.82, 2.24) is 5.32 Å². The molecule has 1 unspecified atom stereocenters. The highest BCUT2D eigenvalue weighted by Gasteiger charge is 2.25. The van der Waals surface area contributed by atoms with Crippen LogP contribution in [0.3, 0.4) is 0 Å². The monoisotopic (exact) mass is 295 g/mol. The van der Waals surface area contributed by atoms with Gasteiger partial charge >= 0.3 is 0 Å². The normalized spacial score (nSPS) is 16.4. The van der Waals surface area contributed by atoms with Gasteiger partial charge in [0.05, 0.1) is 14.2 Å². The number of ether oxygens (including phenoxy) is 2. The molecule has 1 aromatic carbocycles. The molecule has 21 heavy (non-hydrogen) atoms. The quantitative estimate of drug-likeness (QED) is 0.784. The summed E-state index contributed by atoms with van der Waals surface area (Å²) in [4.78, 5) is 0. The molecule has 3 nitrogen and oxygen atoms in total. The minimum atomic E-state index is -0.222. The van der Waals surface area contributed by atoms with Gasteiger partial charge in [-0.25, -0.2) is 4.39 Å². The third-order valence-corrected chi connectivity index (χ3v) is 4.31. The van der Waals surface area contributed by atoms with Crippen LogP contribution in [-0.2, 0) is 0 Å². The molecule has 0 spiro atoms. The number of benzene rings is 1. The Balaban J connectivity index is 2.23. The molecule has 1 aliphatic carbocycles. The fraction of sp³-hybridized carbons (Fsp3) is 0.647. The van der Waals surface area contributed by atoms with Crippen LogP contribution in [0.1, 0.15) is 50.6 Å². The number of hydrogen-bond acceptors (Lipinski definition) is 3. The van der Waals surface area contributed by atoms with Crippen LogP contribution in [0.15, 0.2) is 12.1 Å². The zero-order chi connectivity index (χ0) is 15.2. The van der Waals surface area contributed by atoms with E-state index in [0.717, 1.165) is 19.4 Å². The lowest BCUT2D eigenvalue weighted by atomic mass is 9.79. The summed E-state index contributed by atoms with van der Waals surface area (Å²) in [5.74, 6) is 1.52. The Morgan fingerprint density at radius 3 is 2.43 bits per heavy atom. The highest BCUT2D eigenvalue weighted by atomic mass is 19.1. The topological polar surface area (TPSA) is 30.5 Å². The van der Waals surface area contributed by atoms with Crippen molar-refractivity contribution in [2.75, 3.05) is 20.8 Å². The molecule has 2 rings (SSSR count). The van der Waals surface area contributed by atoms with E-state index in [0.29, 0.717) is 23.0 Å². The third kappa shape index (κ3) is 3.88. The van der Waals surface area contributed by atoms with Crippen LogP contribution in [0.2, 0.25) is 0 Å². The van der Waals surface area contributed by atoms with Crippen LogP contribution < -0.4 is 14.8 Å². The molecule has 0 bridgehead atoms. The standard InChI is InChI=1S/C17H26FNO2/c1-4-8-19-15(9-12-6-5-7-12)13-10-16(20-2)17(21-3)11-14(13)18/h10-12,15,19H,4-9H2,1-3H3. The maximum atomic E-state index is 14.4. The maximum absolute atomic E-state index is 14.4. The summed E-state index contributed by atoms with van der Waals surface area (Å²) < 4.78 is 24.9. The molecule has 1 atom stereocenters. The van der Waals surface area contributed by atoms with E-state index in [-0.39, 0.29) is 11.9 Å². The SMILES string of the molecule is CCCNC(CC1CCC1)c1cc(OC)c(OC)cc1F. The highest BCUT2D eigenvalue weighted by molar-refractivity contribution is 5.44. The van der Waals surface area contributed by atoms with Crippen LogP contribution in [-0.4, -0.2) is 20.8 Å². The lowest BCUT2D eigenvalue weighted by Crippen LogP contribution is -2.27. The second kappa shape index (κ2) is 7.64. The predicted octanol–water partition coefficient (Wildman–Crippen LogP) is 4.07. The molecule has 0 aromatic heterocycles. The smallest absolute Gasteiger partial charge is 0.163 e. The fourth-order valence-corrected chi connectivity index (χ4v) is 2.84. The third-order valence-electron chi connectivity index (χ3n) is 4.31. The first-order valence-electron chi connectivity index (χ1n) is 7.84. The van der Waals surface area contributed by atoms with Gasteiger partial charge in [0, 0.05) is 17.7 Å². The van der Waals surface area contributed by atoms with Crippen molar-refractivity contribution in [3.63, 3.8) is 0 Å². The Kier molecular flexibility index (Phi) is 5.85. The maximum Gasteiger partial charge on any atom is 0.163 e. The second-order valence-corrected chi connectivity index (χ2v) is 5.77. The fourth-order valence-electron chi connectivity index (χ4n) is 2.84. The number of methoxy groups -OCH3 is 2. The van der Waals surface area contributed by atoms with E-state index in [1.807, 2.05) is 0 Å². The molecule has 1 aliphatic rings. The van der Waals surface area contributed by atoms with Crippen molar-refractivity contribution in [3.05, 3.63) is 23.5 Å². The Bertz CT molecular complexity index is 460. The minimum absolute atomic E-state index is 0.0510. The summed E-state index contributed by atoms with van der Waals surface area (Å²) in [7, 11) is 3.11. The largest absolute Gasteiger partial charge is 0.493 e. The van der Waals surface area contributed by atoms with E-state index < -0.39 is 0 Å². The van der Waals surface area contributed by atoms with Crippen molar-refractivity contribution in [3.8, 4) is 11.5 Å². The highest BCUT2D eigenvalue weighted by Crippen LogP contribution is 2.38. The van der Waals surface area contributed by atoms with Gasteiger partial charge in [-0.05, 0) is 31.4 Å². The van der Waals surface area contributed by atoms with Crippen LogP contribution in [0.25, 0.3) is 0 Å². The molecule has 1 fully saturated rings. The van der Waals surface area contributed by atoms with Crippen LogP contribution in [0.4, 0.5) is 4.39 Å². The number of halogens is 1. The Morgan fingerprint density at radius 1 is 1.24 bits per heavy atom. The van der Waals surface area contributed by atoms with Crippen LogP contribution >= 0.6 is 0 Å². The van der Waals surface area contributed by atoms with Gasteiger partial charge < -0.3 is 14.8 Å². The summed E-state index contributed by atoms with van der Waals surface area (Å²) in [5, 5.41) is 3.48. The van der Waals surface area contributed by atoms with Crippen molar-refractivity contribution < 1.29 is 13.9 Å². The lowest BCUT2D eigenvalue weighted by molar-refractivity contribution is 0.258. The van der Waals surface area contributed by atoms with E-state index in [4.69, 9.17) is 9.47 Å². The predicted molar refractivity (Wildman–Crippen MR) is 82.5 cm³/mol. The first kappa shape index (κ1) is 16.1. The lowest BCUT2D eigenvalue weighted by Gasteiger charge is -2.31. The van der Waals surface area contributed by atoms with E-state index in [1.54, 1.807) is 13.2 Å². The zero-order valence-electron chi connectivity index (χ0n) is 13.2. The van der Waals surface area contributed by atoms with Gasteiger partial charge in [0.1, 0.15) is 5.82 Å². The van der Waals surface area contributed by atoms with Gasteiger partial charge in [-0.2, -0.15) is 0 Å². The molecule has 0 heterocycles. The Hall–Kier alpha value is -1.29. The van der Waals surface area contributed by atoms with E-state index in [1.165, 1.54) is 32.4 Å². The van der Waals surface area contributed by atoms with Gasteiger partial charge in [0.25, 0.3) is 0 Å². The second-order valence-electron chi connectivity index (χ2n) is 5.77. The minimum Gasteiger partial charge on any atom is -0.493 e. The molecule has 4 heteroatoms. The summed E-state index contributed by atoms with van der Waals surface area (Å²) in [6.45, 7) is 3.02. The van der Waals surface area contributed by atoms with E-state index in [9.17, 15) is 4.39 Å². The first-order chi connectivity index (χ1) is 10.2. The van der Waals surface area contributed by atoms with Gasteiger partial charge in [0.2, 0.25) is 0 Å².